The third-order valence-electron chi connectivity index (χ3n) is 4.45. The molecular weight excluding hydrogens is 414 g/mol. The first kappa shape index (κ1) is 20.9. The van der Waals surface area contributed by atoms with Gasteiger partial charge in [-0.3, -0.25) is 4.79 Å². The van der Waals surface area contributed by atoms with Gasteiger partial charge in [0.25, 0.3) is 5.91 Å². The fourth-order valence-electron chi connectivity index (χ4n) is 2.87. The van der Waals surface area contributed by atoms with Crippen LogP contribution in [0.3, 0.4) is 0 Å². The zero-order chi connectivity index (χ0) is 21.2. The van der Waals surface area contributed by atoms with Gasteiger partial charge in [0, 0.05) is 25.7 Å². The number of methoxy groups -OCH3 is 1. The molecule has 0 saturated heterocycles. The highest BCUT2D eigenvalue weighted by molar-refractivity contribution is 7.90. The van der Waals surface area contributed by atoms with Crippen molar-refractivity contribution in [1.82, 2.24) is 14.9 Å². The molecule has 1 N–H and O–H groups in total. The smallest absolute Gasteiger partial charge is 0.253 e. The number of sulfone groups is 1. The van der Waals surface area contributed by atoms with Gasteiger partial charge >= 0.3 is 0 Å². The summed E-state index contributed by atoms with van der Waals surface area (Å²) < 4.78 is 30.7. The average molecular weight is 434 g/mol. The van der Waals surface area contributed by atoms with E-state index in [0.29, 0.717) is 11.6 Å². The van der Waals surface area contributed by atoms with E-state index in [9.17, 15) is 13.2 Å². The number of hydrogen-bond acceptors (Lipinski definition) is 5. The molecule has 152 valence electrons. The molecule has 3 rings (SSSR count). The molecule has 1 atom stereocenters. The number of amides is 1. The van der Waals surface area contributed by atoms with Crippen LogP contribution in [0.2, 0.25) is 5.02 Å². The maximum Gasteiger partial charge on any atom is 0.253 e. The van der Waals surface area contributed by atoms with E-state index < -0.39 is 21.8 Å². The molecule has 0 spiro atoms. The quantitative estimate of drug-likeness (QED) is 0.645. The summed E-state index contributed by atoms with van der Waals surface area (Å²) in [4.78, 5) is 17.4. The summed E-state index contributed by atoms with van der Waals surface area (Å²) in [6.07, 6.45) is 4.48. The Hall–Kier alpha value is -2.84. The lowest BCUT2D eigenvalue weighted by Crippen LogP contribution is -2.31. The van der Waals surface area contributed by atoms with Crippen LogP contribution >= 0.6 is 11.6 Å². The van der Waals surface area contributed by atoms with E-state index in [1.807, 2.05) is 19.2 Å². The summed E-state index contributed by atoms with van der Waals surface area (Å²) in [6, 6.07) is 10.7. The lowest BCUT2D eigenvalue weighted by atomic mass is 10.0. The van der Waals surface area contributed by atoms with Gasteiger partial charge in [0.2, 0.25) is 0 Å². The highest BCUT2D eigenvalue weighted by Gasteiger charge is 2.23. The second-order valence-corrected chi connectivity index (χ2v) is 8.91. The first-order valence-electron chi connectivity index (χ1n) is 8.62. The van der Waals surface area contributed by atoms with Crippen molar-refractivity contribution in [1.29, 1.82) is 0 Å². The summed E-state index contributed by atoms with van der Waals surface area (Å²) >= 11 is 6.17. The molecule has 0 aliphatic heterocycles. The van der Waals surface area contributed by atoms with Gasteiger partial charge in [0.15, 0.2) is 9.84 Å². The largest absolute Gasteiger partial charge is 0.497 e. The molecule has 2 aromatic carbocycles. The molecule has 0 aliphatic carbocycles. The molecule has 0 saturated carbocycles. The van der Waals surface area contributed by atoms with Crippen molar-refractivity contribution in [3.8, 4) is 5.75 Å². The number of rotatable bonds is 6. The van der Waals surface area contributed by atoms with Gasteiger partial charge in [-0.2, -0.15) is 0 Å². The minimum Gasteiger partial charge on any atom is -0.497 e. The maximum absolute atomic E-state index is 13.0. The van der Waals surface area contributed by atoms with Crippen LogP contribution in [0, 0.1) is 0 Å². The molecule has 0 radical (unpaired) electrons. The van der Waals surface area contributed by atoms with Crippen molar-refractivity contribution in [3.05, 3.63) is 76.8 Å². The normalized spacial score (nSPS) is 12.4. The highest BCUT2D eigenvalue weighted by atomic mass is 35.5. The summed E-state index contributed by atoms with van der Waals surface area (Å²) in [7, 11) is -0.0880. The third-order valence-corrected chi connectivity index (χ3v) is 5.89. The number of nitrogens with one attached hydrogen (secondary N) is 1. The molecule has 1 amide bonds. The summed E-state index contributed by atoms with van der Waals surface area (Å²) in [5.41, 5.74) is 0.853. The van der Waals surface area contributed by atoms with E-state index in [0.717, 1.165) is 11.8 Å². The van der Waals surface area contributed by atoms with Gasteiger partial charge in [-0.15, -0.1) is 0 Å². The molecule has 0 unspecified atom stereocenters. The Bertz CT molecular complexity index is 1140. The van der Waals surface area contributed by atoms with Crippen molar-refractivity contribution in [2.45, 2.75) is 10.9 Å². The number of ether oxygens (including phenoxy) is 1. The Morgan fingerprint density at radius 2 is 1.90 bits per heavy atom. The summed E-state index contributed by atoms with van der Waals surface area (Å²) in [5, 5.41) is 3.06. The number of aryl methyl sites for hydroxylation is 1. The van der Waals surface area contributed by atoms with Gasteiger partial charge in [-0.05, 0) is 35.9 Å². The van der Waals surface area contributed by atoms with Gasteiger partial charge < -0.3 is 14.6 Å². The van der Waals surface area contributed by atoms with Crippen LogP contribution in [0.5, 0.6) is 5.75 Å². The molecule has 1 heterocycles. The highest BCUT2D eigenvalue weighted by Crippen LogP contribution is 2.26. The minimum absolute atomic E-state index is 0.0186. The summed E-state index contributed by atoms with van der Waals surface area (Å²) in [5.74, 6) is 0.783. The number of carbonyl (C=O) groups is 1. The number of carbonyl (C=O) groups excluding carboxylic acids is 1. The van der Waals surface area contributed by atoms with E-state index >= 15 is 0 Å². The lowest BCUT2D eigenvalue weighted by Gasteiger charge is -2.20. The van der Waals surface area contributed by atoms with Gasteiger partial charge in [0.05, 0.1) is 22.6 Å². The predicted octanol–water partition coefficient (Wildman–Crippen LogP) is 3.01. The number of halogens is 1. The Morgan fingerprint density at radius 1 is 1.21 bits per heavy atom. The fraction of sp³-hybridized carbons (Fsp3) is 0.200. The number of nitrogens with zero attached hydrogens (tertiary/aromatic N) is 2. The zero-order valence-corrected chi connectivity index (χ0v) is 17.7. The second kappa shape index (κ2) is 8.26. The van der Waals surface area contributed by atoms with Gasteiger partial charge in [-0.25, -0.2) is 13.4 Å². The minimum atomic E-state index is -3.48. The van der Waals surface area contributed by atoms with E-state index in [4.69, 9.17) is 16.3 Å². The molecule has 29 heavy (non-hydrogen) atoms. The van der Waals surface area contributed by atoms with Gasteiger partial charge in [0.1, 0.15) is 17.6 Å². The second-order valence-electron chi connectivity index (χ2n) is 6.49. The van der Waals surface area contributed by atoms with E-state index in [2.05, 4.69) is 10.3 Å². The van der Waals surface area contributed by atoms with Crippen LogP contribution in [0.4, 0.5) is 0 Å². The molecule has 7 nitrogen and oxygen atoms in total. The number of aromatic nitrogens is 2. The predicted molar refractivity (Wildman–Crippen MR) is 110 cm³/mol. The molecular formula is C20H20ClN3O4S. The van der Waals surface area contributed by atoms with Crippen LogP contribution in [-0.4, -0.2) is 37.2 Å². The van der Waals surface area contributed by atoms with Crippen LogP contribution in [0.25, 0.3) is 0 Å². The average Bonchev–Trinajstić information content (AvgIpc) is 3.11. The molecule has 9 heteroatoms. The Morgan fingerprint density at radius 3 is 2.45 bits per heavy atom. The van der Waals surface area contributed by atoms with Crippen molar-refractivity contribution in [2.24, 2.45) is 7.05 Å². The van der Waals surface area contributed by atoms with E-state index in [-0.39, 0.29) is 15.5 Å². The summed E-state index contributed by atoms with van der Waals surface area (Å²) in [6.45, 7) is 0. The molecule has 1 aromatic heterocycles. The number of imidazole rings is 1. The zero-order valence-electron chi connectivity index (χ0n) is 16.1. The van der Waals surface area contributed by atoms with Crippen molar-refractivity contribution in [3.63, 3.8) is 0 Å². The Balaban J connectivity index is 2.00. The maximum atomic E-state index is 13.0. The third kappa shape index (κ3) is 4.60. The van der Waals surface area contributed by atoms with Crippen LogP contribution in [0.15, 0.2) is 59.8 Å². The van der Waals surface area contributed by atoms with Crippen LogP contribution < -0.4 is 10.1 Å². The standard InChI is InChI=1S/C20H20ClN3O4S/c1-24-11-10-22-19(24)18(13-4-6-14(28-2)7-5-13)23-20(25)16-12-15(29(3,26)27)8-9-17(16)21/h4-12,18H,1-3H3,(H,23,25)/t18-/m1/s1. The van der Waals surface area contributed by atoms with E-state index in [1.165, 1.54) is 18.2 Å². The Labute approximate surface area is 174 Å². The monoisotopic (exact) mass is 433 g/mol. The van der Waals surface area contributed by atoms with Crippen LogP contribution in [0.1, 0.15) is 27.8 Å². The number of benzene rings is 2. The van der Waals surface area contributed by atoms with Crippen molar-refractivity contribution < 1.29 is 17.9 Å². The SMILES string of the molecule is COc1ccc([C@@H](NC(=O)c2cc(S(C)(=O)=O)ccc2Cl)c2nccn2C)cc1. The first-order chi connectivity index (χ1) is 13.7. The van der Waals surface area contributed by atoms with Crippen molar-refractivity contribution in [2.75, 3.05) is 13.4 Å². The van der Waals surface area contributed by atoms with Crippen LogP contribution in [-0.2, 0) is 16.9 Å². The van der Waals surface area contributed by atoms with E-state index in [1.54, 1.807) is 36.2 Å². The van der Waals surface area contributed by atoms with Gasteiger partial charge in [-0.1, -0.05) is 23.7 Å². The molecule has 0 bridgehead atoms. The fourth-order valence-corrected chi connectivity index (χ4v) is 3.72. The Kier molecular flexibility index (Phi) is 5.95. The number of hydrogen-bond donors (Lipinski definition) is 1. The molecule has 3 aromatic rings. The lowest BCUT2D eigenvalue weighted by molar-refractivity contribution is 0.0941. The first-order valence-corrected chi connectivity index (χ1v) is 10.9. The molecule has 0 fully saturated rings. The van der Waals surface area contributed by atoms with Crippen molar-refractivity contribution >= 4 is 27.3 Å². The molecule has 0 aliphatic rings. The topological polar surface area (TPSA) is 90.3 Å².